The summed E-state index contributed by atoms with van der Waals surface area (Å²) in [6.07, 6.45) is 3.59. The summed E-state index contributed by atoms with van der Waals surface area (Å²) in [5.41, 5.74) is 2.55. The van der Waals surface area contributed by atoms with Gasteiger partial charge in [-0.2, -0.15) is 5.10 Å². The summed E-state index contributed by atoms with van der Waals surface area (Å²) >= 11 is 0. The smallest absolute Gasteiger partial charge is 0.315 e. The molecule has 0 bridgehead atoms. The number of hydrogen-bond donors (Lipinski definition) is 3. The molecule has 1 aromatic carbocycles. The molecule has 0 saturated heterocycles. The molecule has 0 radical (unpaired) electrons. The molecule has 0 aliphatic carbocycles. The maximum absolute atomic E-state index is 12.2. The maximum atomic E-state index is 12.2. The molecule has 128 valence electrons. The van der Waals surface area contributed by atoms with Crippen LogP contribution in [-0.4, -0.2) is 21.7 Å². The first kappa shape index (κ1) is 17.5. The predicted molar refractivity (Wildman–Crippen MR) is 92.5 cm³/mol. The third kappa shape index (κ3) is 4.84. The lowest BCUT2D eigenvalue weighted by atomic mass is 10.1. The Morgan fingerprint density at radius 3 is 2.38 bits per heavy atom. The van der Waals surface area contributed by atoms with Crippen molar-refractivity contribution in [2.24, 2.45) is 7.05 Å². The number of nitrogens with one attached hydrogen (secondary N) is 3. The number of carbonyl (C=O) groups is 2. The molecule has 0 aliphatic heterocycles. The molecule has 3 amide bonds. The van der Waals surface area contributed by atoms with E-state index in [9.17, 15) is 9.59 Å². The van der Waals surface area contributed by atoms with Gasteiger partial charge in [0.1, 0.15) is 0 Å². The van der Waals surface area contributed by atoms with Gasteiger partial charge in [-0.15, -0.1) is 0 Å². The molecule has 0 fully saturated rings. The number of hydrogen-bond acceptors (Lipinski definition) is 3. The summed E-state index contributed by atoms with van der Waals surface area (Å²) in [6.45, 7) is 5.25. The van der Waals surface area contributed by atoms with E-state index in [1.165, 1.54) is 6.92 Å². The largest absolute Gasteiger partial charge is 0.332 e. The Bertz CT molecular complexity index is 725. The first-order valence-electron chi connectivity index (χ1n) is 7.78. The first-order valence-corrected chi connectivity index (χ1v) is 7.78. The fourth-order valence-electron chi connectivity index (χ4n) is 2.35. The molecule has 0 spiro atoms. The Morgan fingerprint density at radius 2 is 1.79 bits per heavy atom. The highest BCUT2D eigenvalue weighted by atomic mass is 16.2. The highest BCUT2D eigenvalue weighted by Gasteiger charge is 2.14. The van der Waals surface area contributed by atoms with E-state index in [1.54, 1.807) is 10.9 Å². The van der Waals surface area contributed by atoms with Gasteiger partial charge >= 0.3 is 6.03 Å². The normalized spacial score (nSPS) is 13.0. The zero-order valence-electron chi connectivity index (χ0n) is 14.3. The van der Waals surface area contributed by atoms with Gasteiger partial charge in [-0.05, 0) is 31.5 Å². The minimum absolute atomic E-state index is 0.129. The van der Waals surface area contributed by atoms with Crippen LogP contribution in [0.1, 0.15) is 44.0 Å². The Labute approximate surface area is 141 Å². The minimum Gasteiger partial charge on any atom is -0.332 e. The van der Waals surface area contributed by atoms with Gasteiger partial charge in [-0.25, -0.2) is 4.79 Å². The van der Waals surface area contributed by atoms with Gasteiger partial charge in [0.05, 0.1) is 18.3 Å². The van der Waals surface area contributed by atoms with E-state index in [2.05, 4.69) is 21.0 Å². The molecule has 1 aromatic heterocycles. The van der Waals surface area contributed by atoms with Gasteiger partial charge < -0.3 is 16.0 Å². The molecule has 0 unspecified atom stereocenters. The Hall–Kier alpha value is -2.83. The van der Waals surface area contributed by atoms with Crippen molar-refractivity contribution in [3.05, 3.63) is 47.8 Å². The number of aryl methyl sites for hydroxylation is 1. The SMILES string of the molecule is CC(=O)Nc1cccc([C@H](C)NC(=O)N[C@H](C)c2cnn(C)c2)c1. The van der Waals surface area contributed by atoms with Crippen molar-refractivity contribution in [3.63, 3.8) is 0 Å². The molecule has 0 aliphatic rings. The second-order valence-corrected chi connectivity index (χ2v) is 5.82. The number of carbonyl (C=O) groups excluding carboxylic acids is 2. The molecule has 1 heterocycles. The lowest BCUT2D eigenvalue weighted by Crippen LogP contribution is -2.38. The number of rotatable bonds is 5. The van der Waals surface area contributed by atoms with Crippen molar-refractivity contribution in [1.82, 2.24) is 20.4 Å². The van der Waals surface area contributed by atoms with Crippen molar-refractivity contribution < 1.29 is 9.59 Å². The number of benzene rings is 1. The van der Waals surface area contributed by atoms with Crippen LogP contribution in [0, 0.1) is 0 Å². The average molecular weight is 329 g/mol. The van der Waals surface area contributed by atoms with E-state index in [-0.39, 0.29) is 24.0 Å². The van der Waals surface area contributed by atoms with Crippen LogP contribution in [-0.2, 0) is 11.8 Å². The monoisotopic (exact) mass is 329 g/mol. The van der Waals surface area contributed by atoms with E-state index in [4.69, 9.17) is 0 Å². The average Bonchev–Trinajstić information content (AvgIpc) is 2.93. The predicted octanol–water partition coefficient (Wildman–Crippen LogP) is 2.50. The summed E-state index contributed by atoms with van der Waals surface area (Å²) in [6, 6.07) is 6.80. The summed E-state index contributed by atoms with van der Waals surface area (Å²) in [4.78, 5) is 23.3. The van der Waals surface area contributed by atoms with Crippen molar-refractivity contribution in [2.45, 2.75) is 32.9 Å². The van der Waals surface area contributed by atoms with Crippen LogP contribution in [0.15, 0.2) is 36.7 Å². The van der Waals surface area contributed by atoms with E-state index in [1.807, 2.05) is 51.4 Å². The molecule has 24 heavy (non-hydrogen) atoms. The molecule has 7 heteroatoms. The first-order chi connectivity index (χ1) is 11.3. The van der Waals surface area contributed by atoms with Crippen molar-refractivity contribution in [2.75, 3.05) is 5.32 Å². The molecule has 7 nitrogen and oxygen atoms in total. The number of urea groups is 1. The second kappa shape index (κ2) is 7.63. The summed E-state index contributed by atoms with van der Waals surface area (Å²) in [5.74, 6) is -0.129. The Morgan fingerprint density at radius 1 is 1.12 bits per heavy atom. The minimum atomic E-state index is -0.260. The summed E-state index contributed by atoms with van der Waals surface area (Å²) < 4.78 is 1.70. The zero-order chi connectivity index (χ0) is 17.7. The fraction of sp³-hybridized carbons (Fsp3) is 0.353. The third-order valence-corrected chi connectivity index (χ3v) is 3.63. The van der Waals surface area contributed by atoms with Crippen LogP contribution >= 0.6 is 0 Å². The third-order valence-electron chi connectivity index (χ3n) is 3.63. The Kier molecular flexibility index (Phi) is 5.57. The highest BCUT2D eigenvalue weighted by molar-refractivity contribution is 5.88. The number of anilines is 1. The van der Waals surface area contributed by atoms with Gasteiger partial charge in [0.25, 0.3) is 0 Å². The van der Waals surface area contributed by atoms with Crippen LogP contribution < -0.4 is 16.0 Å². The van der Waals surface area contributed by atoms with Crippen LogP contribution in [0.25, 0.3) is 0 Å². The summed E-state index contributed by atoms with van der Waals surface area (Å²) in [7, 11) is 1.83. The standard InChI is InChI=1S/C17H23N5O2/c1-11(14-6-5-7-16(8-14)21-13(3)23)19-17(24)20-12(2)15-9-18-22(4)10-15/h5-12H,1-4H3,(H,21,23)(H2,19,20,24)/t11-,12+/m0/s1. The number of amides is 3. The molecular weight excluding hydrogens is 306 g/mol. The quantitative estimate of drug-likeness (QED) is 0.787. The van der Waals surface area contributed by atoms with Gasteiger partial charge in [-0.1, -0.05) is 12.1 Å². The van der Waals surface area contributed by atoms with Crippen LogP contribution in [0.5, 0.6) is 0 Å². The van der Waals surface area contributed by atoms with Crippen molar-refractivity contribution in [1.29, 1.82) is 0 Å². The van der Waals surface area contributed by atoms with Gasteiger partial charge in [0.15, 0.2) is 0 Å². The van der Waals surface area contributed by atoms with Crippen LogP contribution in [0.2, 0.25) is 0 Å². The lowest BCUT2D eigenvalue weighted by Gasteiger charge is -2.18. The van der Waals surface area contributed by atoms with Gasteiger partial charge in [0, 0.05) is 31.4 Å². The molecule has 0 saturated carbocycles. The van der Waals surface area contributed by atoms with Crippen LogP contribution in [0.4, 0.5) is 10.5 Å². The van der Waals surface area contributed by atoms with E-state index in [0.717, 1.165) is 11.1 Å². The van der Waals surface area contributed by atoms with Gasteiger partial charge in [0.2, 0.25) is 5.91 Å². The molecule has 2 atom stereocenters. The fourth-order valence-corrected chi connectivity index (χ4v) is 2.35. The molecular formula is C17H23N5O2. The van der Waals surface area contributed by atoms with E-state index in [0.29, 0.717) is 5.69 Å². The second-order valence-electron chi connectivity index (χ2n) is 5.82. The topological polar surface area (TPSA) is 88.1 Å². The number of nitrogens with zero attached hydrogens (tertiary/aromatic N) is 2. The van der Waals surface area contributed by atoms with Crippen LogP contribution in [0.3, 0.4) is 0 Å². The van der Waals surface area contributed by atoms with E-state index < -0.39 is 0 Å². The maximum Gasteiger partial charge on any atom is 0.315 e. The van der Waals surface area contributed by atoms with Crippen molar-refractivity contribution >= 4 is 17.6 Å². The van der Waals surface area contributed by atoms with Crippen molar-refractivity contribution in [3.8, 4) is 0 Å². The van der Waals surface area contributed by atoms with Gasteiger partial charge in [-0.3, -0.25) is 9.48 Å². The Balaban J connectivity index is 1.94. The summed E-state index contributed by atoms with van der Waals surface area (Å²) in [5, 5.41) is 12.6. The molecule has 2 aromatic rings. The zero-order valence-corrected chi connectivity index (χ0v) is 14.3. The lowest BCUT2D eigenvalue weighted by molar-refractivity contribution is -0.114. The molecule has 3 N–H and O–H groups in total. The van der Waals surface area contributed by atoms with E-state index >= 15 is 0 Å². The highest BCUT2D eigenvalue weighted by Crippen LogP contribution is 2.18. The number of aromatic nitrogens is 2. The molecule has 2 rings (SSSR count).